The van der Waals surface area contributed by atoms with E-state index in [4.69, 9.17) is 9.84 Å². The van der Waals surface area contributed by atoms with Crippen LogP contribution in [0.4, 0.5) is 0 Å². The number of rotatable bonds is 4. The van der Waals surface area contributed by atoms with Crippen molar-refractivity contribution in [3.63, 3.8) is 0 Å². The number of aliphatic hydroxyl groups excluding tert-OH is 1. The lowest BCUT2D eigenvalue weighted by molar-refractivity contribution is -0.113. The molecule has 0 bridgehead atoms. The molecule has 2 unspecified atom stereocenters. The molecule has 0 saturated heterocycles. The molecule has 1 saturated carbocycles. The van der Waals surface area contributed by atoms with E-state index >= 15 is 0 Å². The fraction of sp³-hybridized carbons (Fsp3) is 0.533. The average Bonchev–Trinajstić information content (AvgIpc) is 2.48. The molecule has 1 aromatic rings. The van der Waals surface area contributed by atoms with E-state index in [0.29, 0.717) is 6.61 Å². The Labute approximate surface area is 109 Å². The van der Waals surface area contributed by atoms with Crippen molar-refractivity contribution in [2.75, 3.05) is 7.11 Å². The maximum atomic E-state index is 10.7. The highest BCUT2D eigenvalue weighted by Gasteiger charge is 2.21. The van der Waals surface area contributed by atoms with Crippen molar-refractivity contribution in [1.29, 1.82) is 0 Å². The molecule has 3 heteroatoms. The van der Waals surface area contributed by atoms with Gasteiger partial charge in [-0.25, -0.2) is 0 Å². The average molecular weight is 250 g/mol. The van der Waals surface area contributed by atoms with Gasteiger partial charge in [0.2, 0.25) is 0 Å². The van der Waals surface area contributed by atoms with Gasteiger partial charge in [0.1, 0.15) is 6.29 Å². The van der Waals surface area contributed by atoms with Gasteiger partial charge in [0.25, 0.3) is 0 Å². The molecule has 0 aliphatic heterocycles. The largest absolute Gasteiger partial charge is 0.400 e. The quantitative estimate of drug-likeness (QED) is 0.835. The Balaban J connectivity index is 0.000000771. The van der Waals surface area contributed by atoms with Crippen LogP contribution in [0.25, 0.3) is 0 Å². The maximum Gasteiger partial charge on any atom is 0.123 e. The first-order valence-electron chi connectivity index (χ1n) is 6.44. The van der Waals surface area contributed by atoms with Crippen LogP contribution >= 0.6 is 0 Å². The fourth-order valence-electron chi connectivity index (χ4n) is 2.24. The van der Waals surface area contributed by atoms with E-state index in [-0.39, 0.29) is 12.0 Å². The predicted molar refractivity (Wildman–Crippen MR) is 71.2 cm³/mol. The topological polar surface area (TPSA) is 46.5 Å². The Hall–Kier alpha value is -1.19. The van der Waals surface area contributed by atoms with Crippen LogP contribution in [-0.2, 0) is 16.1 Å². The number of aliphatic hydroxyl groups is 1. The summed E-state index contributed by atoms with van der Waals surface area (Å²) >= 11 is 0. The Bertz CT molecular complexity index is 324. The molecule has 1 aliphatic rings. The van der Waals surface area contributed by atoms with Crippen LogP contribution in [-0.4, -0.2) is 24.6 Å². The third-order valence-corrected chi connectivity index (χ3v) is 3.19. The summed E-state index contributed by atoms with van der Waals surface area (Å²) < 4.78 is 5.84. The van der Waals surface area contributed by atoms with E-state index < -0.39 is 0 Å². The van der Waals surface area contributed by atoms with Gasteiger partial charge < -0.3 is 14.6 Å². The Morgan fingerprint density at radius 1 is 1.28 bits per heavy atom. The molecular weight excluding hydrogens is 228 g/mol. The van der Waals surface area contributed by atoms with E-state index in [1.807, 2.05) is 18.2 Å². The minimum Gasteiger partial charge on any atom is -0.400 e. The van der Waals surface area contributed by atoms with Crippen molar-refractivity contribution in [2.24, 2.45) is 5.92 Å². The highest BCUT2D eigenvalue weighted by molar-refractivity contribution is 5.53. The van der Waals surface area contributed by atoms with Crippen LogP contribution in [0.3, 0.4) is 0 Å². The molecule has 18 heavy (non-hydrogen) atoms. The second-order valence-electron chi connectivity index (χ2n) is 4.48. The summed E-state index contributed by atoms with van der Waals surface area (Å²) in [6, 6.07) is 10.2. The van der Waals surface area contributed by atoms with Crippen LogP contribution in [0.1, 0.15) is 31.2 Å². The summed E-state index contributed by atoms with van der Waals surface area (Å²) in [5.74, 6) is 0.217. The minimum atomic E-state index is 0.217. The number of carbonyl (C=O) groups excluding carboxylic acids is 1. The van der Waals surface area contributed by atoms with E-state index in [1.165, 1.54) is 5.56 Å². The van der Waals surface area contributed by atoms with E-state index in [9.17, 15) is 4.79 Å². The van der Waals surface area contributed by atoms with Crippen LogP contribution in [0.15, 0.2) is 30.3 Å². The van der Waals surface area contributed by atoms with Gasteiger partial charge in [-0.1, -0.05) is 36.8 Å². The third-order valence-electron chi connectivity index (χ3n) is 3.19. The molecule has 100 valence electrons. The number of hydrogen-bond acceptors (Lipinski definition) is 3. The van der Waals surface area contributed by atoms with Gasteiger partial charge in [-0.15, -0.1) is 0 Å². The van der Waals surface area contributed by atoms with Gasteiger partial charge in [0.15, 0.2) is 0 Å². The van der Waals surface area contributed by atoms with Gasteiger partial charge in [-0.3, -0.25) is 0 Å². The summed E-state index contributed by atoms with van der Waals surface area (Å²) in [6.07, 6.45) is 5.49. The van der Waals surface area contributed by atoms with Crippen LogP contribution < -0.4 is 0 Å². The molecule has 0 amide bonds. The van der Waals surface area contributed by atoms with Gasteiger partial charge >= 0.3 is 0 Å². The molecule has 2 rings (SSSR count). The lowest BCUT2D eigenvalue weighted by Gasteiger charge is -2.26. The van der Waals surface area contributed by atoms with E-state index in [2.05, 4.69) is 12.1 Å². The number of hydrogen-bond donors (Lipinski definition) is 1. The summed E-state index contributed by atoms with van der Waals surface area (Å²) in [4.78, 5) is 10.7. The van der Waals surface area contributed by atoms with E-state index in [0.717, 1.165) is 39.1 Å². The monoisotopic (exact) mass is 250 g/mol. The first-order chi connectivity index (χ1) is 8.88. The van der Waals surface area contributed by atoms with E-state index in [1.54, 1.807) is 0 Å². The molecule has 0 aromatic heterocycles. The molecule has 3 nitrogen and oxygen atoms in total. The van der Waals surface area contributed by atoms with Gasteiger partial charge in [-0.2, -0.15) is 0 Å². The lowest BCUT2D eigenvalue weighted by Crippen LogP contribution is -2.23. The van der Waals surface area contributed by atoms with Crippen LogP contribution in [0, 0.1) is 5.92 Å². The molecule has 1 fully saturated rings. The van der Waals surface area contributed by atoms with Crippen molar-refractivity contribution < 1.29 is 14.6 Å². The first-order valence-corrected chi connectivity index (χ1v) is 6.44. The lowest BCUT2D eigenvalue weighted by atomic mass is 9.88. The molecule has 0 radical (unpaired) electrons. The molecule has 0 heterocycles. The number of ether oxygens (including phenoxy) is 1. The van der Waals surface area contributed by atoms with Crippen molar-refractivity contribution in [2.45, 2.75) is 38.4 Å². The SMILES string of the molecule is CO.O=CC1CCCC(OCc2ccccc2)C1. The fourth-order valence-corrected chi connectivity index (χ4v) is 2.24. The molecule has 2 atom stereocenters. The maximum absolute atomic E-state index is 10.7. The van der Waals surface area contributed by atoms with Gasteiger partial charge in [0, 0.05) is 13.0 Å². The van der Waals surface area contributed by atoms with Crippen LogP contribution in [0.5, 0.6) is 0 Å². The van der Waals surface area contributed by atoms with Crippen LogP contribution in [0.2, 0.25) is 0 Å². The molecule has 0 spiro atoms. The Morgan fingerprint density at radius 2 is 2.00 bits per heavy atom. The second kappa shape index (κ2) is 8.84. The predicted octanol–water partition coefficient (Wildman–Crippen LogP) is 2.57. The van der Waals surface area contributed by atoms with Gasteiger partial charge in [0.05, 0.1) is 12.7 Å². The standard InChI is InChI=1S/C14H18O2.CH4O/c15-10-13-7-4-8-14(9-13)16-11-12-5-2-1-3-6-12;1-2/h1-3,5-6,10,13-14H,4,7-9,11H2;2H,1H3. The zero-order chi connectivity index (χ0) is 13.2. The third kappa shape index (κ3) is 4.98. The zero-order valence-corrected chi connectivity index (χ0v) is 10.9. The number of benzene rings is 1. The number of carbonyl (C=O) groups is 1. The Kier molecular flexibility index (Phi) is 7.30. The molecule has 1 N–H and O–H groups in total. The Morgan fingerprint density at radius 3 is 2.67 bits per heavy atom. The van der Waals surface area contributed by atoms with Crippen molar-refractivity contribution in [3.05, 3.63) is 35.9 Å². The summed E-state index contributed by atoms with van der Waals surface area (Å²) in [7, 11) is 1.00. The van der Waals surface area contributed by atoms with Gasteiger partial charge in [-0.05, 0) is 24.8 Å². The minimum absolute atomic E-state index is 0.217. The summed E-state index contributed by atoms with van der Waals surface area (Å²) in [6.45, 7) is 0.664. The summed E-state index contributed by atoms with van der Waals surface area (Å²) in [5.41, 5.74) is 1.20. The normalized spacial score (nSPS) is 22.8. The number of aldehydes is 1. The second-order valence-corrected chi connectivity index (χ2v) is 4.48. The highest BCUT2D eigenvalue weighted by Crippen LogP contribution is 2.25. The highest BCUT2D eigenvalue weighted by atomic mass is 16.5. The van der Waals surface area contributed by atoms with Crippen molar-refractivity contribution in [1.82, 2.24) is 0 Å². The van der Waals surface area contributed by atoms with Crippen molar-refractivity contribution >= 4 is 6.29 Å². The molecular formula is C15H22O3. The van der Waals surface area contributed by atoms with Crippen molar-refractivity contribution in [3.8, 4) is 0 Å². The zero-order valence-electron chi connectivity index (χ0n) is 10.9. The molecule has 1 aromatic carbocycles. The summed E-state index contributed by atoms with van der Waals surface area (Å²) in [5, 5.41) is 7.00. The smallest absolute Gasteiger partial charge is 0.123 e. The molecule has 1 aliphatic carbocycles. The first kappa shape index (κ1) is 14.9.